The third kappa shape index (κ3) is 2.11. The summed E-state index contributed by atoms with van der Waals surface area (Å²) >= 11 is 0. The Hall–Kier alpha value is -2.51. The predicted molar refractivity (Wildman–Crippen MR) is 51.2 cm³/mol. The Morgan fingerprint density at radius 2 is 2.44 bits per heavy atom. The van der Waals surface area contributed by atoms with Crippen LogP contribution in [0.3, 0.4) is 0 Å². The largest absolute Gasteiger partial charge is 0.505 e. The number of carbonyl (C=O) groups is 1. The van der Waals surface area contributed by atoms with Crippen LogP contribution in [0.5, 0.6) is 5.75 Å². The smallest absolute Gasteiger partial charge is 0.255 e. The molecule has 0 atom stereocenters. The van der Waals surface area contributed by atoms with Crippen molar-refractivity contribution in [2.24, 2.45) is 0 Å². The van der Waals surface area contributed by atoms with E-state index in [-0.39, 0.29) is 17.9 Å². The number of H-pyrrole nitrogens is 1. The monoisotopic (exact) mass is 220 g/mol. The summed E-state index contributed by atoms with van der Waals surface area (Å²) in [4.78, 5) is 15.2. The Morgan fingerprint density at radius 1 is 1.56 bits per heavy atom. The maximum absolute atomic E-state index is 11.6. The molecule has 3 N–H and O–H groups in total. The number of rotatable bonds is 3. The Labute approximate surface area is 89.7 Å². The van der Waals surface area contributed by atoms with Crippen molar-refractivity contribution < 1.29 is 9.90 Å². The molecule has 82 valence electrons. The van der Waals surface area contributed by atoms with Crippen LogP contribution < -0.4 is 5.32 Å². The zero-order chi connectivity index (χ0) is 11.4. The van der Waals surface area contributed by atoms with Gasteiger partial charge in [-0.15, -0.1) is 10.2 Å². The number of hydrogen-bond acceptors (Lipinski definition) is 6. The van der Waals surface area contributed by atoms with Crippen molar-refractivity contribution in [3.05, 3.63) is 29.8 Å². The summed E-state index contributed by atoms with van der Waals surface area (Å²) in [6.07, 6.45) is 2.62. The lowest BCUT2D eigenvalue weighted by molar-refractivity contribution is 0.0947. The molecule has 0 aliphatic rings. The van der Waals surface area contributed by atoms with E-state index in [0.717, 1.165) is 0 Å². The second kappa shape index (κ2) is 4.34. The Morgan fingerprint density at radius 3 is 3.12 bits per heavy atom. The Bertz CT molecular complexity index is 483. The Kier molecular flexibility index (Phi) is 2.72. The van der Waals surface area contributed by atoms with Crippen molar-refractivity contribution in [1.29, 1.82) is 0 Å². The first-order chi connectivity index (χ1) is 7.77. The first-order valence-corrected chi connectivity index (χ1v) is 4.41. The molecule has 0 saturated heterocycles. The second-order valence-corrected chi connectivity index (χ2v) is 2.90. The molecule has 0 aliphatic heterocycles. The van der Waals surface area contributed by atoms with E-state index in [2.05, 4.69) is 30.9 Å². The van der Waals surface area contributed by atoms with E-state index in [0.29, 0.717) is 5.82 Å². The van der Waals surface area contributed by atoms with Gasteiger partial charge in [0.05, 0.1) is 18.3 Å². The van der Waals surface area contributed by atoms with Crippen LogP contribution in [-0.2, 0) is 6.54 Å². The van der Waals surface area contributed by atoms with Gasteiger partial charge in [-0.25, -0.2) is 0 Å². The van der Waals surface area contributed by atoms with Gasteiger partial charge in [-0.3, -0.25) is 9.78 Å². The fourth-order valence-electron chi connectivity index (χ4n) is 1.09. The molecule has 0 saturated carbocycles. The number of tetrazole rings is 1. The van der Waals surface area contributed by atoms with Gasteiger partial charge >= 0.3 is 0 Å². The quantitative estimate of drug-likeness (QED) is 0.625. The molecule has 8 heteroatoms. The van der Waals surface area contributed by atoms with E-state index in [9.17, 15) is 9.90 Å². The molecule has 2 rings (SSSR count). The molecular formula is C8H8N6O2. The molecule has 2 aromatic heterocycles. The van der Waals surface area contributed by atoms with E-state index in [1.54, 1.807) is 0 Å². The maximum atomic E-state index is 11.6. The molecule has 0 aliphatic carbocycles. The zero-order valence-electron chi connectivity index (χ0n) is 8.08. The summed E-state index contributed by atoms with van der Waals surface area (Å²) in [5, 5.41) is 24.8. The van der Waals surface area contributed by atoms with Crippen LogP contribution in [0, 0.1) is 0 Å². The van der Waals surface area contributed by atoms with Gasteiger partial charge in [0.2, 0.25) is 0 Å². The molecule has 1 amide bonds. The number of aromatic nitrogens is 5. The van der Waals surface area contributed by atoms with Crippen molar-refractivity contribution in [2.75, 3.05) is 0 Å². The first-order valence-electron chi connectivity index (χ1n) is 4.41. The fourth-order valence-corrected chi connectivity index (χ4v) is 1.09. The highest BCUT2D eigenvalue weighted by Gasteiger charge is 2.10. The average molecular weight is 220 g/mol. The lowest BCUT2D eigenvalue weighted by atomic mass is 10.2. The predicted octanol–water partition coefficient (Wildman–Crippen LogP) is -0.770. The molecule has 0 spiro atoms. The van der Waals surface area contributed by atoms with Crippen molar-refractivity contribution in [1.82, 2.24) is 30.9 Å². The van der Waals surface area contributed by atoms with Gasteiger partial charge in [-0.2, -0.15) is 5.21 Å². The number of aromatic hydroxyl groups is 1. The van der Waals surface area contributed by atoms with Crippen LogP contribution in [0.25, 0.3) is 0 Å². The minimum atomic E-state index is -0.426. The minimum Gasteiger partial charge on any atom is -0.505 e. The number of amides is 1. The topological polar surface area (TPSA) is 117 Å². The molecule has 2 heterocycles. The molecular weight excluding hydrogens is 212 g/mol. The number of carbonyl (C=O) groups excluding carboxylic acids is 1. The lowest BCUT2D eigenvalue weighted by Crippen LogP contribution is -2.23. The van der Waals surface area contributed by atoms with Crippen LogP contribution in [0.4, 0.5) is 0 Å². The minimum absolute atomic E-state index is 0.136. The third-order valence-electron chi connectivity index (χ3n) is 1.84. The number of aromatic amines is 1. The van der Waals surface area contributed by atoms with Crippen LogP contribution in [0.1, 0.15) is 16.2 Å². The van der Waals surface area contributed by atoms with E-state index in [1.165, 1.54) is 18.5 Å². The van der Waals surface area contributed by atoms with Gasteiger partial charge in [0, 0.05) is 6.20 Å². The van der Waals surface area contributed by atoms with E-state index in [4.69, 9.17) is 0 Å². The van der Waals surface area contributed by atoms with Crippen molar-refractivity contribution in [2.45, 2.75) is 6.54 Å². The SMILES string of the molecule is O=C(NCc1nn[nH]n1)c1ccncc1O. The fraction of sp³-hybridized carbons (Fsp3) is 0.125. The van der Waals surface area contributed by atoms with E-state index in [1.807, 2.05) is 0 Å². The second-order valence-electron chi connectivity index (χ2n) is 2.90. The average Bonchev–Trinajstić information content (AvgIpc) is 2.79. The van der Waals surface area contributed by atoms with Gasteiger partial charge in [0.1, 0.15) is 5.75 Å². The van der Waals surface area contributed by atoms with Gasteiger partial charge in [-0.1, -0.05) is 5.21 Å². The highest BCUT2D eigenvalue weighted by Crippen LogP contribution is 2.13. The highest BCUT2D eigenvalue weighted by molar-refractivity contribution is 5.96. The maximum Gasteiger partial charge on any atom is 0.255 e. The van der Waals surface area contributed by atoms with Gasteiger partial charge < -0.3 is 10.4 Å². The van der Waals surface area contributed by atoms with E-state index < -0.39 is 5.91 Å². The Balaban J connectivity index is 2.01. The van der Waals surface area contributed by atoms with Gasteiger partial charge in [-0.05, 0) is 6.07 Å². The van der Waals surface area contributed by atoms with Crippen molar-refractivity contribution in [3.63, 3.8) is 0 Å². The summed E-state index contributed by atoms with van der Waals surface area (Å²) in [6.45, 7) is 0.136. The van der Waals surface area contributed by atoms with Crippen LogP contribution in [-0.4, -0.2) is 36.6 Å². The van der Waals surface area contributed by atoms with Crippen LogP contribution >= 0.6 is 0 Å². The van der Waals surface area contributed by atoms with Gasteiger partial charge in [0.25, 0.3) is 5.91 Å². The summed E-state index contributed by atoms with van der Waals surface area (Å²) in [7, 11) is 0. The number of nitrogens with one attached hydrogen (secondary N) is 2. The molecule has 2 aromatic rings. The highest BCUT2D eigenvalue weighted by atomic mass is 16.3. The van der Waals surface area contributed by atoms with Gasteiger partial charge in [0.15, 0.2) is 5.82 Å². The van der Waals surface area contributed by atoms with Crippen LogP contribution in [0.2, 0.25) is 0 Å². The first kappa shape index (κ1) is 10.0. The molecule has 0 fully saturated rings. The molecule has 16 heavy (non-hydrogen) atoms. The zero-order valence-corrected chi connectivity index (χ0v) is 8.08. The number of hydrogen-bond donors (Lipinski definition) is 3. The van der Waals surface area contributed by atoms with Crippen LogP contribution in [0.15, 0.2) is 18.5 Å². The summed E-state index contributed by atoms with van der Waals surface area (Å²) in [6, 6.07) is 1.42. The third-order valence-corrected chi connectivity index (χ3v) is 1.84. The number of nitrogens with zero attached hydrogens (tertiary/aromatic N) is 4. The summed E-state index contributed by atoms with van der Waals surface area (Å²) in [5.41, 5.74) is 0.151. The normalized spacial score (nSPS) is 10.0. The summed E-state index contributed by atoms with van der Waals surface area (Å²) < 4.78 is 0. The number of pyridine rings is 1. The van der Waals surface area contributed by atoms with Crippen molar-refractivity contribution in [3.8, 4) is 5.75 Å². The molecule has 0 bridgehead atoms. The lowest BCUT2D eigenvalue weighted by Gasteiger charge is -2.03. The van der Waals surface area contributed by atoms with Crippen molar-refractivity contribution >= 4 is 5.91 Å². The standard InChI is InChI=1S/C8H8N6O2/c15-6-3-9-2-1-5(6)8(16)10-4-7-11-13-14-12-7/h1-3,15H,4H2,(H,10,16)(H,11,12,13,14). The molecule has 8 nitrogen and oxygen atoms in total. The molecule has 0 unspecified atom stereocenters. The summed E-state index contributed by atoms with van der Waals surface area (Å²) in [5.74, 6) is -0.236. The van der Waals surface area contributed by atoms with E-state index >= 15 is 0 Å². The molecule has 0 radical (unpaired) electrons. The molecule has 0 aromatic carbocycles.